The molecule has 1 fully saturated rings. The van der Waals surface area contributed by atoms with Gasteiger partial charge in [-0.2, -0.15) is 0 Å². The molecule has 0 bridgehead atoms. The number of nitrogens with zero attached hydrogens (tertiary/aromatic N) is 1. The summed E-state index contributed by atoms with van der Waals surface area (Å²) in [6, 6.07) is 5.47. The highest BCUT2D eigenvalue weighted by atomic mass is 16.5. The number of piperidine rings is 1. The van der Waals surface area contributed by atoms with Crippen LogP contribution in [0.25, 0.3) is 0 Å². The number of pyridine rings is 1. The van der Waals surface area contributed by atoms with Crippen LogP contribution in [0.3, 0.4) is 0 Å². The second-order valence-electron chi connectivity index (χ2n) is 4.63. The van der Waals surface area contributed by atoms with E-state index in [1.165, 1.54) is 0 Å². The lowest BCUT2D eigenvalue weighted by Gasteiger charge is -2.35. The normalized spacial score (nSPS) is 18.3. The van der Waals surface area contributed by atoms with E-state index in [-0.39, 0.29) is 5.91 Å². The van der Waals surface area contributed by atoms with Crippen molar-refractivity contribution < 1.29 is 9.53 Å². The lowest BCUT2D eigenvalue weighted by Crippen LogP contribution is -2.47. The van der Waals surface area contributed by atoms with Crippen LogP contribution in [-0.2, 0) is 9.53 Å². The minimum absolute atomic E-state index is 0.00421. The smallest absolute Gasteiger partial charge is 0.234 e. The van der Waals surface area contributed by atoms with Crippen molar-refractivity contribution in [3.63, 3.8) is 0 Å². The predicted octanol–water partition coefficient (Wildman–Crippen LogP) is 1.04. The van der Waals surface area contributed by atoms with Crippen molar-refractivity contribution in [3.05, 3.63) is 24.4 Å². The standard InChI is InChI=1S/C13H19N3O2/c1-18-10-13(5-8-14-9-6-13)12(17)16-11-4-2-3-7-15-11/h2-4,7,14H,5-6,8-10H2,1H3,(H,15,16,17). The molecule has 0 aliphatic carbocycles. The van der Waals surface area contributed by atoms with Crippen molar-refractivity contribution in [2.45, 2.75) is 12.8 Å². The van der Waals surface area contributed by atoms with Gasteiger partial charge in [-0.3, -0.25) is 4.79 Å². The molecule has 1 amide bonds. The van der Waals surface area contributed by atoms with E-state index >= 15 is 0 Å². The first-order valence-electron chi connectivity index (χ1n) is 6.19. The molecule has 0 atom stereocenters. The highest BCUT2D eigenvalue weighted by Gasteiger charge is 2.39. The minimum Gasteiger partial charge on any atom is -0.384 e. The summed E-state index contributed by atoms with van der Waals surface area (Å²) in [7, 11) is 1.64. The van der Waals surface area contributed by atoms with Crippen molar-refractivity contribution in [1.82, 2.24) is 10.3 Å². The molecule has 1 aliphatic rings. The molecule has 2 N–H and O–H groups in total. The molecule has 2 heterocycles. The van der Waals surface area contributed by atoms with Gasteiger partial charge in [0.05, 0.1) is 12.0 Å². The Morgan fingerprint density at radius 3 is 2.89 bits per heavy atom. The van der Waals surface area contributed by atoms with Crippen LogP contribution in [0.1, 0.15) is 12.8 Å². The molecule has 1 saturated heterocycles. The van der Waals surface area contributed by atoms with E-state index in [0.717, 1.165) is 25.9 Å². The predicted molar refractivity (Wildman–Crippen MR) is 69.3 cm³/mol. The molecule has 0 spiro atoms. The number of nitrogens with one attached hydrogen (secondary N) is 2. The lowest BCUT2D eigenvalue weighted by molar-refractivity contribution is -0.130. The van der Waals surface area contributed by atoms with Crippen LogP contribution in [0.15, 0.2) is 24.4 Å². The van der Waals surface area contributed by atoms with Crippen LogP contribution in [0, 0.1) is 5.41 Å². The highest BCUT2D eigenvalue weighted by Crippen LogP contribution is 2.30. The van der Waals surface area contributed by atoms with E-state index in [1.807, 2.05) is 12.1 Å². The van der Waals surface area contributed by atoms with Gasteiger partial charge >= 0.3 is 0 Å². The SMILES string of the molecule is COCC1(C(=O)Nc2ccccn2)CCNCC1. The zero-order chi connectivity index (χ0) is 12.8. The Bertz CT molecular complexity index is 383. The Balaban J connectivity index is 2.08. The Morgan fingerprint density at radius 1 is 1.50 bits per heavy atom. The lowest BCUT2D eigenvalue weighted by atomic mass is 9.78. The minimum atomic E-state index is -0.433. The average Bonchev–Trinajstić information content (AvgIpc) is 2.41. The molecule has 0 saturated carbocycles. The number of carbonyl (C=O) groups is 1. The number of anilines is 1. The highest BCUT2D eigenvalue weighted by molar-refractivity contribution is 5.94. The molecule has 1 aromatic heterocycles. The Kier molecular flexibility index (Phi) is 4.28. The van der Waals surface area contributed by atoms with E-state index in [9.17, 15) is 4.79 Å². The largest absolute Gasteiger partial charge is 0.384 e. The maximum Gasteiger partial charge on any atom is 0.234 e. The number of carbonyl (C=O) groups excluding carboxylic acids is 1. The Labute approximate surface area is 107 Å². The first-order valence-corrected chi connectivity index (χ1v) is 6.19. The first kappa shape index (κ1) is 13.0. The van der Waals surface area contributed by atoms with Crippen LogP contribution >= 0.6 is 0 Å². The van der Waals surface area contributed by atoms with Crippen molar-refractivity contribution in [3.8, 4) is 0 Å². The number of ether oxygens (including phenoxy) is 1. The third kappa shape index (κ3) is 2.86. The number of amides is 1. The molecule has 1 aromatic rings. The van der Waals surface area contributed by atoms with Gasteiger partial charge in [0.2, 0.25) is 5.91 Å². The van der Waals surface area contributed by atoms with E-state index < -0.39 is 5.41 Å². The summed E-state index contributed by atoms with van der Waals surface area (Å²) in [5, 5.41) is 6.14. The van der Waals surface area contributed by atoms with Gasteiger partial charge in [-0.25, -0.2) is 4.98 Å². The fraction of sp³-hybridized carbons (Fsp3) is 0.538. The second-order valence-corrected chi connectivity index (χ2v) is 4.63. The van der Waals surface area contributed by atoms with Gasteiger partial charge in [-0.05, 0) is 38.1 Å². The van der Waals surface area contributed by atoms with E-state index in [4.69, 9.17) is 4.74 Å². The molecule has 5 nitrogen and oxygen atoms in total. The summed E-state index contributed by atoms with van der Waals surface area (Å²) < 4.78 is 5.23. The molecule has 0 aromatic carbocycles. The number of hydrogen-bond donors (Lipinski definition) is 2. The van der Waals surface area contributed by atoms with E-state index in [0.29, 0.717) is 12.4 Å². The molecule has 5 heteroatoms. The zero-order valence-electron chi connectivity index (χ0n) is 10.6. The molecule has 98 valence electrons. The van der Waals surface area contributed by atoms with Gasteiger partial charge < -0.3 is 15.4 Å². The first-order chi connectivity index (χ1) is 8.77. The van der Waals surface area contributed by atoms with E-state index in [2.05, 4.69) is 15.6 Å². The summed E-state index contributed by atoms with van der Waals surface area (Å²) in [6.45, 7) is 2.14. The van der Waals surface area contributed by atoms with E-state index in [1.54, 1.807) is 19.4 Å². The summed E-state index contributed by atoms with van der Waals surface area (Å²) in [5.74, 6) is 0.598. The Morgan fingerprint density at radius 2 is 2.28 bits per heavy atom. The van der Waals surface area contributed by atoms with Gasteiger partial charge in [0.25, 0.3) is 0 Å². The summed E-state index contributed by atoms with van der Waals surface area (Å²) in [5.41, 5.74) is -0.433. The summed E-state index contributed by atoms with van der Waals surface area (Å²) in [6.07, 6.45) is 3.25. The third-order valence-electron chi connectivity index (χ3n) is 3.37. The topological polar surface area (TPSA) is 63.2 Å². The summed E-state index contributed by atoms with van der Waals surface area (Å²) in [4.78, 5) is 16.5. The molecule has 2 rings (SSSR count). The van der Waals surface area contributed by atoms with Crippen molar-refractivity contribution in [2.24, 2.45) is 5.41 Å². The molecule has 0 unspecified atom stereocenters. The molecular formula is C13H19N3O2. The monoisotopic (exact) mass is 249 g/mol. The summed E-state index contributed by atoms with van der Waals surface area (Å²) >= 11 is 0. The fourth-order valence-electron chi connectivity index (χ4n) is 2.30. The van der Waals surface area contributed by atoms with Gasteiger partial charge in [0.1, 0.15) is 5.82 Å². The Hall–Kier alpha value is -1.46. The number of methoxy groups -OCH3 is 1. The molecule has 0 radical (unpaired) electrons. The van der Waals surface area contributed by atoms with Crippen molar-refractivity contribution in [2.75, 3.05) is 32.1 Å². The fourth-order valence-corrected chi connectivity index (χ4v) is 2.30. The van der Waals surface area contributed by atoms with Gasteiger partial charge in [0, 0.05) is 13.3 Å². The quantitative estimate of drug-likeness (QED) is 0.837. The average molecular weight is 249 g/mol. The number of hydrogen-bond acceptors (Lipinski definition) is 4. The van der Waals surface area contributed by atoms with Gasteiger partial charge in [-0.15, -0.1) is 0 Å². The molecular weight excluding hydrogens is 230 g/mol. The third-order valence-corrected chi connectivity index (χ3v) is 3.37. The molecule has 1 aliphatic heterocycles. The maximum absolute atomic E-state index is 12.4. The number of rotatable bonds is 4. The zero-order valence-corrected chi connectivity index (χ0v) is 10.6. The van der Waals surface area contributed by atoms with Crippen LogP contribution in [0.5, 0.6) is 0 Å². The molecule has 18 heavy (non-hydrogen) atoms. The van der Waals surface area contributed by atoms with Crippen molar-refractivity contribution >= 4 is 11.7 Å². The number of aromatic nitrogens is 1. The second kappa shape index (κ2) is 5.93. The van der Waals surface area contributed by atoms with Crippen LogP contribution < -0.4 is 10.6 Å². The van der Waals surface area contributed by atoms with Crippen LogP contribution in [-0.4, -0.2) is 37.7 Å². The maximum atomic E-state index is 12.4. The van der Waals surface area contributed by atoms with Crippen molar-refractivity contribution in [1.29, 1.82) is 0 Å². The van der Waals surface area contributed by atoms with Crippen LogP contribution in [0.2, 0.25) is 0 Å². The van der Waals surface area contributed by atoms with Crippen LogP contribution in [0.4, 0.5) is 5.82 Å². The van der Waals surface area contributed by atoms with Gasteiger partial charge in [-0.1, -0.05) is 6.07 Å². The van der Waals surface area contributed by atoms with Gasteiger partial charge in [0.15, 0.2) is 0 Å².